The lowest BCUT2D eigenvalue weighted by Crippen LogP contribution is -2.14. The summed E-state index contributed by atoms with van der Waals surface area (Å²) in [4.78, 5) is 17.1. The average Bonchev–Trinajstić information content (AvgIpc) is 3.03. The Morgan fingerprint density at radius 3 is 2.36 bits per heavy atom. The van der Waals surface area contributed by atoms with E-state index in [4.69, 9.17) is 0 Å². The second-order valence-electron chi connectivity index (χ2n) is 5.32. The molecule has 1 aromatic heterocycles. The van der Waals surface area contributed by atoms with Crippen LogP contribution in [0.4, 0.5) is 18.3 Å². The fourth-order valence-electron chi connectivity index (χ4n) is 2.23. The molecule has 7 heteroatoms. The lowest BCUT2D eigenvalue weighted by Gasteiger charge is -2.07. The summed E-state index contributed by atoms with van der Waals surface area (Å²) in [5, 5.41) is 3.13. The van der Waals surface area contributed by atoms with Gasteiger partial charge in [-0.3, -0.25) is 4.79 Å². The van der Waals surface area contributed by atoms with E-state index in [1.165, 1.54) is 23.5 Å². The Labute approximate surface area is 146 Å². The van der Waals surface area contributed by atoms with Gasteiger partial charge >= 0.3 is 6.18 Å². The zero-order valence-electron chi connectivity index (χ0n) is 12.9. The Kier molecular flexibility index (Phi) is 4.85. The van der Waals surface area contributed by atoms with Crippen LogP contribution in [0.3, 0.4) is 0 Å². The van der Waals surface area contributed by atoms with Crippen molar-refractivity contribution in [1.82, 2.24) is 4.98 Å². The fraction of sp³-hybridized carbons (Fsp3) is 0.111. The first kappa shape index (κ1) is 17.2. The summed E-state index contributed by atoms with van der Waals surface area (Å²) in [6.45, 7) is 0. The minimum Gasteiger partial charge on any atom is -0.302 e. The number of benzene rings is 2. The van der Waals surface area contributed by atoms with E-state index in [1.807, 2.05) is 30.3 Å². The largest absolute Gasteiger partial charge is 0.416 e. The van der Waals surface area contributed by atoms with Crippen LogP contribution < -0.4 is 5.32 Å². The van der Waals surface area contributed by atoms with Crippen molar-refractivity contribution in [1.29, 1.82) is 0 Å². The molecular formula is C18H13F3N2OS. The first-order chi connectivity index (χ1) is 11.9. The van der Waals surface area contributed by atoms with Gasteiger partial charge in [-0.2, -0.15) is 13.2 Å². The summed E-state index contributed by atoms with van der Waals surface area (Å²) < 4.78 is 37.6. The zero-order valence-corrected chi connectivity index (χ0v) is 13.7. The highest BCUT2D eigenvalue weighted by Gasteiger charge is 2.29. The molecule has 25 heavy (non-hydrogen) atoms. The average molecular weight is 362 g/mol. The van der Waals surface area contributed by atoms with E-state index in [-0.39, 0.29) is 12.3 Å². The van der Waals surface area contributed by atoms with Crippen molar-refractivity contribution in [2.75, 3.05) is 5.32 Å². The van der Waals surface area contributed by atoms with Crippen molar-refractivity contribution < 1.29 is 18.0 Å². The van der Waals surface area contributed by atoms with E-state index >= 15 is 0 Å². The highest BCUT2D eigenvalue weighted by molar-refractivity contribution is 7.19. The molecule has 0 atom stereocenters. The van der Waals surface area contributed by atoms with Crippen molar-refractivity contribution in [3.8, 4) is 10.4 Å². The lowest BCUT2D eigenvalue weighted by atomic mass is 10.1. The van der Waals surface area contributed by atoms with Crippen LogP contribution >= 0.6 is 11.3 Å². The second kappa shape index (κ2) is 7.06. The molecule has 128 valence electrons. The van der Waals surface area contributed by atoms with Crippen molar-refractivity contribution in [3.05, 3.63) is 71.9 Å². The summed E-state index contributed by atoms with van der Waals surface area (Å²) in [7, 11) is 0. The maximum absolute atomic E-state index is 12.5. The predicted molar refractivity (Wildman–Crippen MR) is 91.3 cm³/mol. The van der Waals surface area contributed by atoms with Crippen LogP contribution in [0, 0.1) is 0 Å². The standard InChI is InChI=1S/C18H13F3N2OS/c19-18(20,21)14-8-6-12(7-9-14)10-16(24)23-17-22-11-15(25-17)13-4-2-1-3-5-13/h1-9,11H,10H2,(H,22,23,24). The topological polar surface area (TPSA) is 42.0 Å². The van der Waals surface area contributed by atoms with E-state index in [9.17, 15) is 18.0 Å². The summed E-state index contributed by atoms with van der Waals surface area (Å²) in [5.74, 6) is -0.325. The Morgan fingerprint density at radius 2 is 1.72 bits per heavy atom. The van der Waals surface area contributed by atoms with Gasteiger partial charge in [-0.1, -0.05) is 53.8 Å². The van der Waals surface area contributed by atoms with Crippen LogP contribution in [0.2, 0.25) is 0 Å². The number of aromatic nitrogens is 1. The summed E-state index contributed by atoms with van der Waals surface area (Å²) in [6, 6.07) is 14.2. The number of nitrogens with one attached hydrogen (secondary N) is 1. The number of carbonyl (C=O) groups excluding carboxylic acids is 1. The number of anilines is 1. The Bertz CT molecular complexity index is 858. The molecule has 0 spiro atoms. The smallest absolute Gasteiger partial charge is 0.302 e. The van der Waals surface area contributed by atoms with Crippen LogP contribution in [0.15, 0.2) is 60.8 Å². The highest BCUT2D eigenvalue weighted by Crippen LogP contribution is 2.30. The van der Waals surface area contributed by atoms with Crippen molar-refractivity contribution >= 4 is 22.4 Å². The molecule has 0 bridgehead atoms. The molecule has 3 aromatic rings. The van der Waals surface area contributed by atoms with Crippen LogP contribution in [0.1, 0.15) is 11.1 Å². The number of hydrogen-bond donors (Lipinski definition) is 1. The number of alkyl halides is 3. The van der Waals surface area contributed by atoms with E-state index in [0.29, 0.717) is 10.7 Å². The van der Waals surface area contributed by atoms with Crippen molar-refractivity contribution in [2.24, 2.45) is 0 Å². The number of thiazole rings is 1. The Morgan fingerprint density at radius 1 is 1.04 bits per heavy atom. The lowest BCUT2D eigenvalue weighted by molar-refractivity contribution is -0.137. The number of amides is 1. The quantitative estimate of drug-likeness (QED) is 0.709. The van der Waals surface area contributed by atoms with E-state index in [0.717, 1.165) is 22.6 Å². The van der Waals surface area contributed by atoms with Crippen molar-refractivity contribution in [3.63, 3.8) is 0 Å². The maximum atomic E-state index is 12.5. The molecule has 0 saturated heterocycles. The highest BCUT2D eigenvalue weighted by atomic mass is 32.1. The van der Waals surface area contributed by atoms with Gasteiger partial charge in [0, 0.05) is 6.20 Å². The molecule has 0 aliphatic heterocycles. The molecule has 1 amide bonds. The zero-order chi connectivity index (χ0) is 17.9. The SMILES string of the molecule is O=C(Cc1ccc(C(F)(F)F)cc1)Nc1ncc(-c2ccccc2)s1. The van der Waals surface area contributed by atoms with Gasteiger partial charge in [0.25, 0.3) is 0 Å². The van der Waals surface area contributed by atoms with Crippen LogP contribution in [0.25, 0.3) is 10.4 Å². The first-order valence-electron chi connectivity index (χ1n) is 7.39. The van der Waals surface area contributed by atoms with Gasteiger partial charge in [0.2, 0.25) is 5.91 Å². The maximum Gasteiger partial charge on any atom is 0.416 e. The molecule has 0 aliphatic carbocycles. The third kappa shape index (κ3) is 4.45. The van der Waals surface area contributed by atoms with Gasteiger partial charge in [0.15, 0.2) is 5.13 Å². The molecule has 3 rings (SSSR count). The molecule has 0 saturated carbocycles. The van der Waals surface area contributed by atoms with Gasteiger partial charge < -0.3 is 5.32 Å². The summed E-state index contributed by atoms with van der Waals surface area (Å²) >= 11 is 1.34. The monoisotopic (exact) mass is 362 g/mol. The fourth-order valence-corrected chi connectivity index (χ4v) is 3.07. The number of nitrogens with zero attached hydrogens (tertiary/aromatic N) is 1. The molecule has 3 nitrogen and oxygen atoms in total. The number of hydrogen-bond acceptors (Lipinski definition) is 3. The summed E-state index contributed by atoms with van der Waals surface area (Å²) in [6.07, 6.45) is -2.72. The van der Waals surface area contributed by atoms with E-state index in [1.54, 1.807) is 6.20 Å². The molecule has 2 aromatic carbocycles. The van der Waals surface area contributed by atoms with Gasteiger partial charge in [0.1, 0.15) is 0 Å². The molecule has 0 radical (unpaired) electrons. The minimum atomic E-state index is -4.38. The number of rotatable bonds is 4. The predicted octanol–water partition coefficient (Wildman–Crippen LogP) is 5.01. The molecule has 0 aliphatic rings. The van der Waals surface area contributed by atoms with Gasteiger partial charge in [0.05, 0.1) is 16.9 Å². The molecule has 1 N–H and O–H groups in total. The van der Waals surface area contributed by atoms with Gasteiger partial charge in [-0.05, 0) is 23.3 Å². The Hall–Kier alpha value is -2.67. The summed E-state index contributed by atoms with van der Waals surface area (Å²) in [5.41, 5.74) is 0.776. The number of halogens is 3. The molecular weight excluding hydrogens is 349 g/mol. The number of carbonyl (C=O) groups is 1. The Balaban J connectivity index is 1.62. The van der Waals surface area contributed by atoms with E-state index in [2.05, 4.69) is 10.3 Å². The van der Waals surface area contributed by atoms with Gasteiger partial charge in [-0.15, -0.1) is 0 Å². The van der Waals surface area contributed by atoms with Gasteiger partial charge in [-0.25, -0.2) is 4.98 Å². The minimum absolute atomic E-state index is 0.0155. The normalized spacial score (nSPS) is 11.3. The van der Waals surface area contributed by atoms with Crippen LogP contribution in [-0.4, -0.2) is 10.9 Å². The third-order valence-corrected chi connectivity index (χ3v) is 4.42. The molecule has 1 heterocycles. The van der Waals surface area contributed by atoms with Crippen LogP contribution in [-0.2, 0) is 17.4 Å². The van der Waals surface area contributed by atoms with Crippen LogP contribution in [0.5, 0.6) is 0 Å². The third-order valence-electron chi connectivity index (χ3n) is 3.46. The molecule has 0 unspecified atom stereocenters. The van der Waals surface area contributed by atoms with E-state index < -0.39 is 11.7 Å². The molecule has 0 fully saturated rings. The van der Waals surface area contributed by atoms with Crippen molar-refractivity contribution in [2.45, 2.75) is 12.6 Å². The second-order valence-corrected chi connectivity index (χ2v) is 6.35. The first-order valence-corrected chi connectivity index (χ1v) is 8.21.